The van der Waals surface area contributed by atoms with Gasteiger partial charge in [-0.05, 0) is 62.6 Å². The number of carbonyl (C=O) groups excluding carboxylic acids is 1. The minimum Gasteiger partial charge on any atom is -1.00 e. The van der Waals surface area contributed by atoms with Crippen molar-refractivity contribution in [2.75, 3.05) is 56.8 Å². The molecular weight excluding hydrogens is 678 g/mol. The predicted octanol–water partition coefficient (Wildman–Crippen LogP) is -4.59. The quantitative estimate of drug-likeness (QED) is 0.131. The molecule has 0 unspecified atom stereocenters. The summed E-state index contributed by atoms with van der Waals surface area (Å²) in [4.78, 5) is 44.2. The van der Waals surface area contributed by atoms with Gasteiger partial charge in [-0.25, -0.2) is 4.98 Å². The minimum absolute atomic E-state index is 0. The zero-order valence-corrected chi connectivity index (χ0v) is 33.7. The van der Waals surface area contributed by atoms with Crippen molar-refractivity contribution < 1.29 is 113 Å². The maximum Gasteiger partial charge on any atom is 1.00 e. The summed E-state index contributed by atoms with van der Waals surface area (Å²) in [5.41, 5.74) is 1.61. The molecular formula is C31H37ClF3N4Na2O5P. The van der Waals surface area contributed by atoms with Crippen LogP contribution < -0.4 is 91.1 Å². The van der Waals surface area contributed by atoms with Gasteiger partial charge in [0.25, 0.3) is 0 Å². The van der Waals surface area contributed by atoms with Crippen LogP contribution in [0.15, 0.2) is 54.7 Å². The molecule has 0 atom stereocenters. The van der Waals surface area contributed by atoms with Gasteiger partial charge in [0.05, 0.1) is 63.9 Å². The summed E-state index contributed by atoms with van der Waals surface area (Å²) < 4.78 is 56.6. The van der Waals surface area contributed by atoms with Gasteiger partial charge in [0.15, 0.2) is 6.73 Å². The zero-order valence-electron chi connectivity index (χ0n) is 28.0. The van der Waals surface area contributed by atoms with Crippen molar-refractivity contribution in [3.8, 4) is 11.1 Å². The van der Waals surface area contributed by atoms with E-state index in [2.05, 4.69) is 9.51 Å². The number of likely N-dealkylation sites (N-methyl/N-ethyl adjacent to an activating group) is 2. The molecule has 1 fully saturated rings. The Balaban J connectivity index is 0.00000368. The Hall–Kier alpha value is -0.990. The van der Waals surface area contributed by atoms with Crippen molar-refractivity contribution >= 4 is 25.2 Å². The number of alkyl halides is 3. The maximum absolute atomic E-state index is 14.0. The number of piperazine rings is 1. The number of pyridine rings is 1. The number of hydrogen-bond donors (Lipinski definition) is 0. The van der Waals surface area contributed by atoms with E-state index in [-0.39, 0.29) is 88.3 Å². The van der Waals surface area contributed by atoms with E-state index in [9.17, 15) is 32.3 Å². The van der Waals surface area contributed by atoms with Crippen LogP contribution >= 0.6 is 7.82 Å². The summed E-state index contributed by atoms with van der Waals surface area (Å²) in [6.07, 6.45) is -2.95. The van der Waals surface area contributed by atoms with Gasteiger partial charge >= 0.3 is 65.3 Å². The fraction of sp³-hybridized carbons (Fsp3) is 0.419. The molecule has 0 saturated carbocycles. The molecule has 2 aromatic carbocycles. The van der Waals surface area contributed by atoms with Crippen molar-refractivity contribution in [2.24, 2.45) is 0 Å². The molecule has 3 aromatic rings. The number of amides is 1. The number of aromatic nitrogens is 1. The van der Waals surface area contributed by atoms with Crippen LogP contribution in [-0.2, 0) is 25.5 Å². The molecule has 4 rings (SSSR count). The number of nitrogens with zero attached hydrogens (tertiary/aromatic N) is 4. The number of hydrogen-bond acceptors (Lipinski definition) is 7. The third kappa shape index (κ3) is 10.7. The summed E-state index contributed by atoms with van der Waals surface area (Å²) in [7, 11) is -1.67. The number of halogens is 4. The SMILES string of the molecule is Cc1cc(C(F)(F)F)cc(C(C)(C)C(=O)N(C)c2cnc(N3CC[N+](C)(COP(=O)([O-])[O-])CC3)cc2-c2ccccc2C)c1.[Cl-].[Na+].[Na+]. The van der Waals surface area contributed by atoms with Crippen molar-refractivity contribution in [1.82, 2.24) is 4.98 Å². The molecule has 47 heavy (non-hydrogen) atoms. The van der Waals surface area contributed by atoms with Crippen LogP contribution in [-0.4, -0.2) is 62.4 Å². The van der Waals surface area contributed by atoms with Crippen LogP contribution in [0.1, 0.15) is 36.1 Å². The summed E-state index contributed by atoms with van der Waals surface area (Å²) in [6.45, 7) is 8.54. The van der Waals surface area contributed by atoms with Crippen LogP contribution in [0.2, 0.25) is 0 Å². The number of quaternary nitrogens is 1. The Morgan fingerprint density at radius 3 is 2.15 bits per heavy atom. The first-order chi connectivity index (χ1) is 20.3. The second kappa shape index (κ2) is 16.8. The first-order valence-electron chi connectivity index (χ1n) is 14.1. The molecule has 9 nitrogen and oxygen atoms in total. The number of phosphoric ester groups is 1. The van der Waals surface area contributed by atoms with Crippen LogP contribution in [0.5, 0.6) is 0 Å². The summed E-state index contributed by atoms with van der Waals surface area (Å²) in [5.74, 6) is 0.242. The first kappa shape index (κ1) is 44.0. The molecule has 16 heteroatoms. The Bertz CT molecular complexity index is 1600. The molecule has 0 spiro atoms. The Morgan fingerprint density at radius 1 is 1.02 bits per heavy atom. The number of anilines is 2. The van der Waals surface area contributed by atoms with Crippen molar-refractivity contribution in [3.05, 3.63) is 77.0 Å². The van der Waals surface area contributed by atoms with Crippen molar-refractivity contribution in [2.45, 2.75) is 39.3 Å². The minimum atomic E-state index is -5.08. The fourth-order valence-corrected chi connectivity index (χ4v) is 5.86. The molecule has 1 amide bonds. The van der Waals surface area contributed by atoms with E-state index in [4.69, 9.17) is 0 Å². The molecule has 1 aromatic heterocycles. The molecule has 2 heterocycles. The number of phosphoric acid groups is 1. The van der Waals surface area contributed by atoms with Gasteiger partial charge in [0.1, 0.15) is 5.82 Å². The molecule has 1 aliphatic rings. The predicted molar refractivity (Wildman–Crippen MR) is 159 cm³/mol. The van der Waals surface area contributed by atoms with Gasteiger partial charge in [-0.2, -0.15) is 13.2 Å². The van der Waals surface area contributed by atoms with E-state index in [1.54, 1.807) is 40.1 Å². The normalized spacial score (nSPS) is 14.7. The van der Waals surface area contributed by atoms with E-state index >= 15 is 0 Å². The molecule has 0 bridgehead atoms. The van der Waals surface area contributed by atoms with E-state index in [0.717, 1.165) is 28.8 Å². The average Bonchev–Trinajstić information content (AvgIpc) is 2.95. The van der Waals surface area contributed by atoms with E-state index in [0.29, 0.717) is 43.2 Å². The van der Waals surface area contributed by atoms with Gasteiger partial charge in [-0.15, -0.1) is 0 Å². The Labute approximate surface area is 324 Å². The van der Waals surface area contributed by atoms with Gasteiger partial charge in [-0.3, -0.25) is 4.79 Å². The molecule has 1 saturated heterocycles. The van der Waals surface area contributed by atoms with Gasteiger partial charge in [-0.1, -0.05) is 35.9 Å². The van der Waals surface area contributed by atoms with Gasteiger partial charge in [0, 0.05) is 12.6 Å². The van der Waals surface area contributed by atoms with Gasteiger partial charge < -0.3 is 45.6 Å². The zero-order chi connectivity index (χ0) is 32.7. The monoisotopic (exact) mass is 714 g/mol. The number of carbonyl (C=O) groups is 1. The van der Waals surface area contributed by atoms with Crippen LogP contribution in [0.4, 0.5) is 24.7 Å². The van der Waals surface area contributed by atoms with Crippen molar-refractivity contribution in [1.29, 1.82) is 0 Å². The third-order valence-corrected chi connectivity index (χ3v) is 8.73. The molecule has 0 radical (unpaired) electrons. The van der Waals surface area contributed by atoms with E-state index in [1.165, 1.54) is 4.90 Å². The van der Waals surface area contributed by atoms with Gasteiger partial charge in [0.2, 0.25) is 5.91 Å². The summed E-state index contributed by atoms with van der Waals surface area (Å²) >= 11 is 0. The third-order valence-electron chi connectivity index (χ3n) is 8.30. The fourth-order valence-electron chi connectivity index (χ4n) is 5.44. The van der Waals surface area contributed by atoms with E-state index < -0.39 is 30.9 Å². The molecule has 246 valence electrons. The van der Waals surface area contributed by atoms with E-state index in [1.807, 2.05) is 49.2 Å². The first-order valence-corrected chi connectivity index (χ1v) is 15.6. The molecule has 0 aliphatic carbocycles. The average molecular weight is 715 g/mol. The summed E-state index contributed by atoms with van der Waals surface area (Å²) in [5, 5.41) is 0. The van der Waals surface area contributed by atoms with Crippen molar-refractivity contribution in [3.63, 3.8) is 0 Å². The number of benzene rings is 2. The summed E-state index contributed by atoms with van der Waals surface area (Å²) in [6, 6.07) is 13.3. The molecule has 0 N–H and O–H groups in total. The smallest absolute Gasteiger partial charge is 1.00 e. The largest absolute Gasteiger partial charge is 1.00 e. The van der Waals surface area contributed by atoms with Crippen LogP contribution in [0.25, 0.3) is 11.1 Å². The molecule has 1 aliphatic heterocycles. The van der Waals surface area contributed by atoms with Crippen LogP contribution in [0, 0.1) is 13.8 Å². The Morgan fingerprint density at radius 2 is 1.60 bits per heavy atom. The van der Waals surface area contributed by atoms with Crippen LogP contribution in [0.3, 0.4) is 0 Å². The second-order valence-corrected chi connectivity index (χ2v) is 13.4. The second-order valence-electron chi connectivity index (χ2n) is 12.2. The number of aryl methyl sites for hydroxylation is 2. The Kier molecular flexibility index (Phi) is 15.8. The topological polar surface area (TPSA) is 109 Å². The standard InChI is InChI=1S/C31H38F3N4O5P.ClH.2Na/c1-21-15-23(17-24(16-21)31(32,33)34)30(3,4)29(39)36(5)27-19-35-28(18-26(27)25-10-8-7-9-22(25)2)37-11-13-38(6,14-12-37)20-43-44(40,41)42;;;/h7-10,15-19H,11-14,20H2,1-6H3,(H-,40,41,42);1H;;/q;;2*+1/p-2. The number of rotatable bonds is 8. The maximum atomic E-state index is 14.0.